The number of ether oxygens (including phenoxy) is 2. The summed E-state index contributed by atoms with van der Waals surface area (Å²) in [7, 11) is 2.36. The molecule has 0 amide bonds. The highest BCUT2D eigenvalue weighted by Crippen LogP contribution is 2.25. The molecule has 0 N–H and O–H groups in total. The third kappa shape index (κ3) is 4.59. The first-order valence-electron chi connectivity index (χ1n) is 9.54. The van der Waals surface area contributed by atoms with Crippen LogP contribution in [0, 0.1) is 0 Å². The average Bonchev–Trinajstić information content (AvgIpc) is 3.14. The molecule has 2 fully saturated rings. The summed E-state index contributed by atoms with van der Waals surface area (Å²) >= 11 is 0. The number of aryl methyl sites for hydroxylation is 1. The van der Waals surface area contributed by atoms with Crippen LogP contribution in [0.2, 0.25) is 0 Å². The fraction of sp³-hybridized carbons (Fsp3) is 0.714. The van der Waals surface area contributed by atoms with E-state index in [-0.39, 0.29) is 17.8 Å². The van der Waals surface area contributed by atoms with E-state index in [2.05, 4.69) is 52.1 Å². The lowest BCUT2D eigenvalue weighted by Crippen LogP contribution is -2.47. The molecule has 24 heavy (non-hydrogen) atoms. The molecular formula is C21H34NO2+. The first-order valence-corrected chi connectivity index (χ1v) is 9.54. The predicted octanol–water partition coefficient (Wildman–Crippen LogP) is 3.90. The van der Waals surface area contributed by atoms with Crippen LogP contribution in [0.3, 0.4) is 0 Å². The smallest absolute Gasteiger partial charge is 0.158 e. The van der Waals surface area contributed by atoms with Crippen LogP contribution in [0.5, 0.6) is 0 Å². The van der Waals surface area contributed by atoms with Crippen molar-refractivity contribution in [2.24, 2.45) is 0 Å². The van der Waals surface area contributed by atoms with Crippen molar-refractivity contribution in [3.05, 3.63) is 35.4 Å². The zero-order chi connectivity index (χ0) is 17.2. The Labute approximate surface area is 147 Å². The summed E-state index contributed by atoms with van der Waals surface area (Å²) in [5.74, 6) is 0. The average molecular weight is 333 g/mol. The van der Waals surface area contributed by atoms with Crippen LogP contribution in [0.4, 0.5) is 0 Å². The standard InChI is InChI=1S/C21H34NO2/c1-21(2,3)18-10-7-17(8-11-18)9-12-20-23-16-19(24-20)15-22(4)13-5-6-14-22/h7-8,10-11,19-20H,5-6,9,12-16H2,1-4H3/q+1/t19-,20+/m1/s1. The van der Waals surface area contributed by atoms with Gasteiger partial charge < -0.3 is 14.0 Å². The van der Waals surface area contributed by atoms with Crippen molar-refractivity contribution in [3.8, 4) is 0 Å². The maximum absolute atomic E-state index is 6.15. The Bertz CT molecular complexity index is 526. The largest absolute Gasteiger partial charge is 0.350 e. The number of likely N-dealkylation sites (tertiary alicyclic amines) is 1. The summed E-state index contributed by atoms with van der Waals surface area (Å²) in [4.78, 5) is 0. The predicted molar refractivity (Wildman–Crippen MR) is 98.1 cm³/mol. The molecule has 0 saturated carbocycles. The van der Waals surface area contributed by atoms with Crippen LogP contribution >= 0.6 is 0 Å². The highest BCUT2D eigenvalue weighted by molar-refractivity contribution is 5.27. The highest BCUT2D eigenvalue weighted by atomic mass is 16.7. The molecule has 1 aromatic rings. The Kier molecular flexibility index (Phi) is 5.33. The Balaban J connectivity index is 1.44. The Morgan fingerprint density at radius 3 is 2.38 bits per heavy atom. The fourth-order valence-corrected chi connectivity index (χ4v) is 3.98. The third-order valence-corrected chi connectivity index (χ3v) is 5.59. The van der Waals surface area contributed by atoms with E-state index in [0.29, 0.717) is 0 Å². The monoisotopic (exact) mass is 332 g/mol. The van der Waals surface area contributed by atoms with Gasteiger partial charge in [-0.3, -0.25) is 0 Å². The van der Waals surface area contributed by atoms with E-state index in [1.165, 1.54) is 37.1 Å². The van der Waals surface area contributed by atoms with E-state index in [1.54, 1.807) is 0 Å². The third-order valence-electron chi connectivity index (χ3n) is 5.59. The normalized spacial score (nSPS) is 26.8. The number of likely N-dealkylation sites (N-methyl/N-ethyl adjacent to an activating group) is 1. The quantitative estimate of drug-likeness (QED) is 0.762. The van der Waals surface area contributed by atoms with E-state index < -0.39 is 0 Å². The molecule has 0 radical (unpaired) electrons. The van der Waals surface area contributed by atoms with E-state index in [9.17, 15) is 0 Å². The van der Waals surface area contributed by atoms with Crippen molar-refractivity contribution in [2.45, 2.75) is 64.3 Å². The lowest BCUT2D eigenvalue weighted by Gasteiger charge is -2.31. The number of benzene rings is 1. The Morgan fingerprint density at radius 2 is 1.75 bits per heavy atom. The van der Waals surface area contributed by atoms with E-state index in [4.69, 9.17) is 9.47 Å². The molecule has 2 saturated heterocycles. The van der Waals surface area contributed by atoms with Gasteiger partial charge in [-0.15, -0.1) is 0 Å². The van der Waals surface area contributed by atoms with Gasteiger partial charge in [0, 0.05) is 19.3 Å². The summed E-state index contributed by atoms with van der Waals surface area (Å²) < 4.78 is 13.2. The second-order valence-corrected chi connectivity index (χ2v) is 8.96. The molecule has 0 spiro atoms. The van der Waals surface area contributed by atoms with E-state index in [0.717, 1.165) is 30.5 Å². The first-order chi connectivity index (χ1) is 11.3. The zero-order valence-corrected chi connectivity index (χ0v) is 15.9. The van der Waals surface area contributed by atoms with Crippen LogP contribution in [0.1, 0.15) is 51.2 Å². The molecule has 1 aromatic carbocycles. The van der Waals surface area contributed by atoms with Gasteiger partial charge in [-0.1, -0.05) is 45.0 Å². The number of hydrogen-bond donors (Lipinski definition) is 0. The minimum atomic E-state index is -0.0218. The lowest BCUT2D eigenvalue weighted by atomic mass is 9.86. The van der Waals surface area contributed by atoms with Gasteiger partial charge in [-0.05, 0) is 23.0 Å². The number of quaternary nitrogens is 1. The van der Waals surface area contributed by atoms with Gasteiger partial charge in [-0.2, -0.15) is 0 Å². The Morgan fingerprint density at radius 1 is 1.08 bits per heavy atom. The molecule has 0 unspecified atom stereocenters. The van der Waals surface area contributed by atoms with Crippen LogP contribution in [0.25, 0.3) is 0 Å². The highest BCUT2D eigenvalue weighted by Gasteiger charge is 2.35. The van der Waals surface area contributed by atoms with Crippen LogP contribution < -0.4 is 0 Å². The molecule has 2 aliphatic heterocycles. The van der Waals surface area contributed by atoms with Gasteiger partial charge in [0.05, 0.1) is 26.7 Å². The summed E-state index contributed by atoms with van der Waals surface area (Å²) in [6.45, 7) is 11.2. The van der Waals surface area contributed by atoms with Gasteiger partial charge in [0.15, 0.2) is 6.29 Å². The molecule has 2 aliphatic rings. The lowest BCUT2D eigenvalue weighted by molar-refractivity contribution is -0.900. The van der Waals surface area contributed by atoms with Gasteiger partial charge in [0.1, 0.15) is 12.6 Å². The van der Waals surface area contributed by atoms with Gasteiger partial charge in [0.25, 0.3) is 0 Å². The molecule has 3 nitrogen and oxygen atoms in total. The molecular weight excluding hydrogens is 298 g/mol. The van der Waals surface area contributed by atoms with Crippen molar-refractivity contribution in [1.29, 1.82) is 0 Å². The minimum Gasteiger partial charge on any atom is -0.350 e. The Hall–Kier alpha value is -0.900. The van der Waals surface area contributed by atoms with Crippen molar-refractivity contribution < 1.29 is 14.0 Å². The zero-order valence-electron chi connectivity index (χ0n) is 15.9. The molecule has 2 atom stereocenters. The molecule has 0 aliphatic carbocycles. The maximum Gasteiger partial charge on any atom is 0.158 e. The van der Waals surface area contributed by atoms with Crippen molar-refractivity contribution in [3.63, 3.8) is 0 Å². The molecule has 0 bridgehead atoms. The second kappa shape index (κ2) is 7.15. The van der Waals surface area contributed by atoms with Crippen molar-refractivity contribution in [1.82, 2.24) is 0 Å². The summed E-state index contributed by atoms with van der Waals surface area (Å²) in [6.07, 6.45) is 4.95. The first kappa shape index (κ1) is 17.9. The summed E-state index contributed by atoms with van der Waals surface area (Å²) in [5, 5.41) is 0. The fourth-order valence-electron chi connectivity index (χ4n) is 3.98. The van der Waals surface area contributed by atoms with Gasteiger partial charge >= 0.3 is 0 Å². The van der Waals surface area contributed by atoms with Crippen LogP contribution in [0.15, 0.2) is 24.3 Å². The van der Waals surface area contributed by atoms with Crippen molar-refractivity contribution in [2.75, 3.05) is 33.3 Å². The van der Waals surface area contributed by atoms with E-state index in [1.807, 2.05) is 0 Å². The molecule has 0 aromatic heterocycles. The van der Waals surface area contributed by atoms with Crippen LogP contribution in [-0.4, -0.2) is 50.2 Å². The number of rotatable bonds is 5. The van der Waals surface area contributed by atoms with Crippen LogP contribution in [-0.2, 0) is 21.3 Å². The van der Waals surface area contributed by atoms with Gasteiger partial charge in [0.2, 0.25) is 0 Å². The second-order valence-electron chi connectivity index (χ2n) is 8.96. The van der Waals surface area contributed by atoms with Gasteiger partial charge in [-0.25, -0.2) is 0 Å². The SMILES string of the molecule is CC(C)(C)c1ccc(CC[C@H]2OC[C@@H](C[N+]3(C)CCCC3)O2)cc1. The summed E-state index contributed by atoms with van der Waals surface area (Å²) in [6, 6.07) is 9.02. The number of nitrogens with zero attached hydrogens (tertiary/aromatic N) is 1. The molecule has 2 heterocycles. The topological polar surface area (TPSA) is 18.5 Å². The molecule has 3 heteroatoms. The molecule has 134 valence electrons. The minimum absolute atomic E-state index is 0.0218. The van der Waals surface area contributed by atoms with E-state index >= 15 is 0 Å². The summed E-state index contributed by atoms with van der Waals surface area (Å²) in [5.41, 5.74) is 2.98. The molecule has 3 rings (SSSR count). The number of hydrogen-bond acceptors (Lipinski definition) is 2. The van der Waals surface area contributed by atoms with Crippen molar-refractivity contribution >= 4 is 0 Å². The maximum atomic E-state index is 6.15.